The summed E-state index contributed by atoms with van der Waals surface area (Å²) in [7, 11) is 0. The second kappa shape index (κ2) is 6.16. The maximum absolute atomic E-state index is 13.7. The molecule has 1 heterocycles. The molecule has 1 amide bonds. The van der Waals surface area contributed by atoms with E-state index >= 15 is 0 Å². The van der Waals surface area contributed by atoms with E-state index in [-0.39, 0.29) is 17.3 Å². The second-order valence-corrected chi connectivity index (χ2v) is 9.13. The molecule has 4 rings (SSSR count). The molecule has 146 valence electrons. The largest absolute Gasteiger partial charge is 0.324 e. The van der Waals surface area contributed by atoms with E-state index in [0.29, 0.717) is 33.5 Å². The Morgan fingerprint density at radius 1 is 1.07 bits per heavy atom. The molecule has 0 radical (unpaired) electrons. The number of nitriles is 2. The number of fused-ring (bicyclic) bond motifs is 5. The van der Waals surface area contributed by atoms with Gasteiger partial charge in [-0.15, -0.1) is 0 Å². The Bertz CT molecular complexity index is 1160. The summed E-state index contributed by atoms with van der Waals surface area (Å²) in [6, 6.07) is 8.74. The first-order chi connectivity index (χ1) is 13.6. The summed E-state index contributed by atoms with van der Waals surface area (Å²) in [5.41, 5.74) is -0.564. The van der Waals surface area contributed by atoms with Crippen molar-refractivity contribution in [1.82, 2.24) is 9.97 Å². The highest BCUT2D eigenvalue weighted by molar-refractivity contribution is 6.35. The Labute approximate surface area is 178 Å². The maximum atomic E-state index is 13.7. The molecule has 0 saturated heterocycles. The lowest BCUT2D eigenvalue weighted by molar-refractivity contribution is -0.125. The van der Waals surface area contributed by atoms with Crippen LogP contribution in [0.1, 0.15) is 56.4 Å². The highest BCUT2D eigenvalue weighted by Gasteiger charge is 2.73. The van der Waals surface area contributed by atoms with Gasteiger partial charge in [-0.2, -0.15) is 10.5 Å². The zero-order valence-electron chi connectivity index (χ0n) is 16.1. The van der Waals surface area contributed by atoms with Crippen molar-refractivity contribution in [1.29, 1.82) is 10.5 Å². The van der Waals surface area contributed by atoms with Crippen molar-refractivity contribution in [3.8, 4) is 12.1 Å². The molecule has 1 saturated carbocycles. The fourth-order valence-corrected chi connectivity index (χ4v) is 5.30. The number of anilines is 1. The molecule has 1 fully saturated rings. The van der Waals surface area contributed by atoms with Crippen LogP contribution in [-0.4, -0.2) is 15.9 Å². The van der Waals surface area contributed by atoms with Crippen LogP contribution in [0.2, 0.25) is 10.0 Å². The Balaban J connectivity index is 1.92. The van der Waals surface area contributed by atoms with E-state index in [2.05, 4.69) is 15.3 Å². The Hall–Kier alpha value is -2.67. The Morgan fingerprint density at radius 2 is 1.69 bits per heavy atom. The van der Waals surface area contributed by atoms with E-state index in [9.17, 15) is 15.3 Å². The van der Waals surface area contributed by atoms with Gasteiger partial charge in [0.1, 0.15) is 12.1 Å². The molecular formula is C21H17Cl2N5O. The molecule has 2 bridgehead atoms. The molecule has 1 aromatic heterocycles. The maximum Gasteiger partial charge on any atom is 0.237 e. The lowest BCUT2D eigenvalue weighted by atomic mass is 9.63. The molecule has 2 atom stereocenters. The number of hydrogen-bond acceptors (Lipinski definition) is 5. The van der Waals surface area contributed by atoms with Crippen molar-refractivity contribution in [2.45, 2.75) is 44.4 Å². The fourth-order valence-electron chi connectivity index (χ4n) is 4.96. The number of benzene rings is 1. The van der Waals surface area contributed by atoms with Crippen molar-refractivity contribution in [2.75, 3.05) is 5.32 Å². The van der Waals surface area contributed by atoms with E-state index < -0.39 is 16.2 Å². The van der Waals surface area contributed by atoms with Crippen LogP contribution in [0, 0.1) is 28.1 Å². The molecule has 2 unspecified atom stereocenters. The van der Waals surface area contributed by atoms with Gasteiger partial charge in [0.2, 0.25) is 5.91 Å². The first-order valence-corrected chi connectivity index (χ1v) is 9.87. The van der Waals surface area contributed by atoms with Crippen LogP contribution in [-0.2, 0) is 15.6 Å². The molecule has 6 nitrogen and oxygen atoms in total. The van der Waals surface area contributed by atoms with Crippen LogP contribution in [0.5, 0.6) is 0 Å². The van der Waals surface area contributed by atoms with E-state index in [0.717, 1.165) is 6.42 Å². The summed E-state index contributed by atoms with van der Waals surface area (Å²) in [5.74, 6) is -0.267. The van der Waals surface area contributed by atoms with Gasteiger partial charge < -0.3 is 5.32 Å². The first kappa shape index (κ1) is 19.6. The van der Waals surface area contributed by atoms with Gasteiger partial charge in [0.05, 0.1) is 27.5 Å². The quantitative estimate of drug-likeness (QED) is 0.762. The molecule has 2 aliphatic carbocycles. The number of halogens is 2. The van der Waals surface area contributed by atoms with E-state index in [1.807, 2.05) is 32.9 Å². The summed E-state index contributed by atoms with van der Waals surface area (Å²) in [5, 5.41) is 22.6. The first-order valence-electron chi connectivity index (χ1n) is 9.12. The number of amides is 1. The van der Waals surface area contributed by atoms with Gasteiger partial charge in [-0.1, -0.05) is 44.0 Å². The predicted molar refractivity (Wildman–Crippen MR) is 109 cm³/mol. The van der Waals surface area contributed by atoms with Crippen LogP contribution >= 0.6 is 23.2 Å². The third kappa shape index (κ3) is 2.31. The van der Waals surface area contributed by atoms with Crippen LogP contribution in [0.3, 0.4) is 0 Å². The lowest BCUT2D eigenvalue weighted by Gasteiger charge is -2.39. The van der Waals surface area contributed by atoms with Crippen LogP contribution in [0.15, 0.2) is 18.2 Å². The lowest BCUT2D eigenvalue weighted by Crippen LogP contribution is -2.48. The van der Waals surface area contributed by atoms with Gasteiger partial charge >= 0.3 is 0 Å². The molecule has 8 heteroatoms. The monoisotopic (exact) mass is 425 g/mol. The van der Waals surface area contributed by atoms with Crippen molar-refractivity contribution in [3.63, 3.8) is 0 Å². The zero-order chi connectivity index (χ0) is 21.2. The predicted octanol–water partition coefficient (Wildman–Crippen LogP) is 4.49. The van der Waals surface area contributed by atoms with E-state index in [4.69, 9.17) is 23.2 Å². The molecule has 29 heavy (non-hydrogen) atoms. The SMILES string of the molecule is CC12CCC(C(=O)Nc3cc(Cl)ccc3Cl)(c3nc(C#N)c(C#N)nc31)C2(C)C. The number of aromatic nitrogens is 2. The number of nitrogens with zero attached hydrogens (tertiary/aromatic N) is 4. The normalized spacial score (nSPS) is 25.8. The second-order valence-electron chi connectivity index (χ2n) is 8.28. The summed E-state index contributed by atoms with van der Waals surface area (Å²) in [4.78, 5) is 22.7. The van der Waals surface area contributed by atoms with Gasteiger partial charge in [-0.3, -0.25) is 4.79 Å². The number of nitrogens with one attached hydrogen (secondary N) is 1. The molecule has 1 aromatic carbocycles. The van der Waals surface area contributed by atoms with E-state index in [1.165, 1.54) is 0 Å². The topological polar surface area (TPSA) is 102 Å². The van der Waals surface area contributed by atoms with Gasteiger partial charge in [-0.05, 0) is 36.5 Å². The Morgan fingerprint density at radius 3 is 2.31 bits per heavy atom. The Kier molecular flexibility index (Phi) is 4.17. The number of carbonyl (C=O) groups excluding carboxylic acids is 1. The zero-order valence-corrected chi connectivity index (χ0v) is 17.6. The number of carbonyl (C=O) groups is 1. The molecular weight excluding hydrogens is 409 g/mol. The van der Waals surface area contributed by atoms with Crippen molar-refractivity contribution < 1.29 is 4.79 Å². The van der Waals surface area contributed by atoms with Crippen molar-refractivity contribution >= 4 is 34.8 Å². The molecule has 0 aliphatic heterocycles. The third-order valence-corrected chi connectivity index (χ3v) is 7.61. The van der Waals surface area contributed by atoms with Gasteiger partial charge in [-0.25, -0.2) is 9.97 Å². The number of hydrogen-bond donors (Lipinski definition) is 1. The van der Waals surface area contributed by atoms with Gasteiger partial charge in [0.25, 0.3) is 0 Å². The van der Waals surface area contributed by atoms with Crippen molar-refractivity contribution in [2.24, 2.45) is 5.41 Å². The highest BCUT2D eigenvalue weighted by atomic mass is 35.5. The smallest absolute Gasteiger partial charge is 0.237 e. The average molecular weight is 426 g/mol. The molecule has 0 spiro atoms. The molecule has 2 aromatic rings. The summed E-state index contributed by atoms with van der Waals surface area (Å²) < 4.78 is 0. The summed E-state index contributed by atoms with van der Waals surface area (Å²) in [6.07, 6.45) is 1.27. The minimum atomic E-state index is -1.00. The van der Waals surface area contributed by atoms with Crippen LogP contribution in [0.4, 0.5) is 5.69 Å². The average Bonchev–Trinajstić information content (AvgIpc) is 2.99. The summed E-state index contributed by atoms with van der Waals surface area (Å²) in [6.45, 7) is 6.07. The van der Waals surface area contributed by atoms with Crippen molar-refractivity contribution in [3.05, 3.63) is 51.0 Å². The number of rotatable bonds is 2. The molecule has 1 N–H and O–H groups in total. The van der Waals surface area contributed by atoms with Gasteiger partial charge in [0, 0.05) is 10.4 Å². The minimum absolute atomic E-state index is 0.00994. The van der Waals surface area contributed by atoms with E-state index in [1.54, 1.807) is 18.2 Å². The highest BCUT2D eigenvalue weighted by Crippen LogP contribution is 2.70. The van der Waals surface area contributed by atoms with Gasteiger partial charge in [0.15, 0.2) is 11.4 Å². The standard InChI is InChI=1S/C21H17Cl2N5O/c1-19(2)20(3)6-7-21(19,17-16(20)26-14(9-24)15(10-25)27-17)18(29)28-13-8-11(22)4-5-12(13)23/h4-5,8H,6-7H2,1-3H3,(H,28,29). The van der Waals surface area contributed by atoms with Crippen LogP contribution in [0.25, 0.3) is 0 Å². The molecule has 2 aliphatic rings. The summed E-state index contributed by atoms with van der Waals surface area (Å²) >= 11 is 12.3. The fraction of sp³-hybridized carbons (Fsp3) is 0.381. The minimum Gasteiger partial charge on any atom is -0.324 e. The third-order valence-electron chi connectivity index (χ3n) is 7.05. The van der Waals surface area contributed by atoms with Crippen LogP contribution < -0.4 is 5.32 Å².